The summed E-state index contributed by atoms with van der Waals surface area (Å²) in [6.07, 6.45) is 2.31. The van der Waals surface area contributed by atoms with Gasteiger partial charge in [0, 0.05) is 13.1 Å². The molecule has 0 bridgehead atoms. The maximum atomic E-state index is 12.4. The first-order chi connectivity index (χ1) is 10.8. The van der Waals surface area contributed by atoms with Gasteiger partial charge in [-0.25, -0.2) is 13.4 Å². The highest BCUT2D eigenvalue weighted by molar-refractivity contribution is 7.91. The number of hydrogen-bond donors (Lipinski definition) is 1. The van der Waals surface area contributed by atoms with Gasteiger partial charge in [-0.05, 0) is 44.7 Å². The number of benzene rings is 1. The van der Waals surface area contributed by atoms with Crippen LogP contribution in [0.3, 0.4) is 0 Å². The molecule has 1 saturated heterocycles. The molecule has 5 nitrogen and oxygen atoms in total. The second-order valence-corrected chi connectivity index (χ2v) is 8.66. The van der Waals surface area contributed by atoms with E-state index in [1.807, 2.05) is 19.1 Å². The van der Waals surface area contributed by atoms with Gasteiger partial charge in [-0.15, -0.1) is 0 Å². The van der Waals surface area contributed by atoms with Crippen LogP contribution < -0.4 is 5.73 Å². The first-order valence-corrected chi connectivity index (χ1v) is 9.81. The number of rotatable bonds is 4. The summed E-state index contributed by atoms with van der Waals surface area (Å²) < 4.78 is 24.9. The molecule has 1 heterocycles. The lowest BCUT2D eigenvalue weighted by Crippen LogP contribution is -2.44. The molecule has 2 unspecified atom stereocenters. The quantitative estimate of drug-likeness (QED) is 0.675. The zero-order chi connectivity index (χ0) is 17.0. The minimum Gasteiger partial charge on any atom is -0.370 e. The highest BCUT2D eigenvalue weighted by Gasteiger charge is 2.21. The van der Waals surface area contributed by atoms with E-state index in [0.717, 1.165) is 25.1 Å². The fraction of sp³-hybridized carbons (Fsp3) is 0.588. The molecule has 0 amide bonds. The number of likely N-dealkylation sites (tertiary alicyclic amines) is 1. The Morgan fingerprint density at radius 3 is 2.65 bits per heavy atom. The van der Waals surface area contributed by atoms with Crippen molar-refractivity contribution in [2.45, 2.75) is 44.6 Å². The van der Waals surface area contributed by atoms with Gasteiger partial charge in [0.25, 0.3) is 0 Å². The highest BCUT2D eigenvalue weighted by atomic mass is 32.2. The molecule has 2 atom stereocenters. The van der Waals surface area contributed by atoms with Crippen molar-refractivity contribution in [2.75, 3.05) is 18.8 Å². The minimum atomic E-state index is -3.34. The number of guanidine groups is 1. The Morgan fingerprint density at radius 2 is 2.04 bits per heavy atom. The molecule has 1 fully saturated rings. The molecule has 0 aliphatic carbocycles. The van der Waals surface area contributed by atoms with Crippen LogP contribution in [0.5, 0.6) is 0 Å². The number of sulfone groups is 1. The first-order valence-electron chi connectivity index (χ1n) is 8.15. The molecule has 1 aromatic carbocycles. The lowest BCUT2D eigenvalue weighted by atomic mass is 10.0. The van der Waals surface area contributed by atoms with Gasteiger partial charge in [0.05, 0.1) is 16.7 Å². The molecule has 1 aliphatic rings. The summed E-state index contributed by atoms with van der Waals surface area (Å²) >= 11 is 0. The van der Waals surface area contributed by atoms with Gasteiger partial charge in [-0.2, -0.15) is 0 Å². The maximum absolute atomic E-state index is 12.4. The maximum Gasteiger partial charge on any atom is 0.191 e. The van der Waals surface area contributed by atoms with E-state index in [4.69, 9.17) is 5.73 Å². The molecular formula is C17H27N3O2S. The SMILES string of the molecule is Cc1ccc(S(=O)(=O)CC(C)N=C(N)N2CCCC(C)C2)cc1. The van der Waals surface area contributed by atoms with Crippen LogP contribution in [0.1, 0.15) is 32.3 Å². The van der Waals surface area contributed by atoms with Gasteiger partial charge >= 0.3 is 0 Å². The van der Waals surface area contributed by atoms with Crippen LogP contribution in [-0.2, 0) is 9.84 Å². The Hall–Kier alpha value is -1.56. The van der Waals surface area contributed by atoms with Crippen LogP contribution in [0.2, 0.25) is 0 Å². The molecule has 1 aliphatic heterocycles. The van der Waals surface area contributed by atoms with Crippen molar-refractivity contribution in [2.24, 2.45) is 16.6 Å². The second kappa shape index (κ2) is 7.34. The smallest absolute Gasteiger partial charge is 0.191 e. The lowest BCUT2D eigenvalue weighted by Gasteiger charge is -2.32. The van der Waals surface area contributed by atoms with E-state index in [0.29, 0.717) is 16.8 Å². The van der Waals surface area contributed by atoms with Gasteiger partial charge in [-0.1, -0.05) is 24.6 Å². The van der Waals surface area contributed by atoms with Crippen molar-refractivity contribution in [3.8, 4) is 0 Å². The zero-order valence-corrected chi connectivity index (χ0v) is 15.0. The molecular weight excluding hydrogens is 310 g/mol. The zero-order valence-electron chi connectivity index (χ0n) is 14.2. The van der Waals surface area contributed by atoms with Crippen LogP contribution in [0.15, 0.2) is 34.2 Å². The monoisotopic (exact) mass is 337 g/mol. The number of hydrogen-bond acceptors (Lipinski definition) is 3. The number of aliphatic imine (C=N–C) groups is 1. The van der Waals surface area contributed by atoms with E-state index in [9.17, 15) is 8.42 Å². The van der Waals surface area contributed by atoms with Crippen molar-refractivity contribution in [1.82, 2.24) is 4.90 Å². The summed E-state index contributed by atoms with van der Waals surface area (Å²) in [4.78, 5) is 6.81. The Labute approximate surface area is 139 Å². The summed E-state index contributed by atoms with van der Waals surface area (Å²) in [6, 6.07) is 6.56. The summed E-state index contributed by atoms with van der Waals surface area (Å²) in [7, 11) is -3.34. The Balaban J connectivity index is 2.04. The molecule has 2 rings (SSSR count). The molecule has 0 spiro atoms. The fourth-order valence-corrected chi connectivity index (χ4v) is 4.35. The van der Waals surface area contributed by atoms with Crippen LogP contribution in [0.4, 0.5) is 0 Å². The predicted octanol–water partition coefficient (Wildman–Crippen LogP) is 2.20. The molecule has 0 aromatic heterocycles. The normalized spacial score (nSPS) is 21.3. The van der Waals surface area contributed by atoms with E-state index < -0.39 is 9.84 Å². The average molecular weight is 337 g/mol. The predicted molar refractivity (Wildman–Crippen MR) is 94.3 cm³/mol. The van der Waals surface area contributed by atoms with Crippen LogP contribution in [0.25, 0.3) is 0 Å². The van der Waals surface area contributed by atoms with E-state index in [1.54, 1.807) is 19.1 Å². The Kier molecular flexibility index (Phi) is 5.68. The lowest BCUT2D eigenvalue weighted by molar-refractivity contribution is 0.270. The number of piperidine rings is 1. The summed E-state index contributed by atoms with van der Waals surface area (Å²) in [5.74, 6) is 1.03. The van der Waals surface area contributed by atoms with Crippen LogP contribution >= 0.6 is 0 Å². The molecule has 6 heteroatoms. The third-order valence-electron chi connectivity index (χ3n) is 4.17. The van der Waals surface area contributed by atoms with Crippen molar-refractivity contribution in [1.29, 1.82) is 0 Å². The summed E-state index contributed by atoms with van der Waals surface area (Å²) in [5.41, 5.74) is 7.11. The second-order valence-electron chi connectivity index (χ2n) is 6.62. The van der Waals surface area contributed by atoms with Gasteiger partial charge in [0.2, 0.25) is 0 Å². The number of nitrogens with two attached hydrogens (primary N) is 1. The summed E-state index contributed by atoms with van der Waals surface area (Å²) in [5, 5.41) is 0. The fourth-order valence-electron chi connectivity index (χ4n) is 2.90. The molecule has 1 aromatic rings. The number of nitrogens with zero attached hydrogens (tertiary/aromatic N) is 2. The van der Waals surface area contributed by atoms with Crippen LogP contribution in [-0.4, -0.2) is 44.2 Å². The standard InChI is InChI=1S/C17H27N3O2S/c1-13-6-8-16(9-7-13)23(21,22)12-15(3)19-17(18)20-10-4-5-14(2)11-20/h6-9,14-15H,4-5,10-12H2,1-3H3,(H2,18,19). The van der Waals surface area contributed by atoms with E-state index in [2.05, 4.69) is 16.8 Å². The van der Waals surface area contributed by atoms with Gasteiger partial charge < -0.3 is 10.6 Å². The highest BCUT2D eigenvalue weighted by Crippen LogP contribution is 2.16. The summed E-state index contributed by atoms with van der Waals surface area (Å²) in [6.45, 7) is 7.73. The van der Waals surface area contributed by atoms with E-state index in [1.165, 1.54) is 6.42 Å². The Bertz CT molecular complexity index is 653. The van der Waals surface area contributed by atoms with E-state index in [-0.39, 0.29) is 11.8 Å². The van der Waals surface area contributed by atoms with Gasteiger partial charge in [0.1, 0.15) is 0 Å². The van der Waals surface area contributed by atoms with Gasteiger partial charge in [0.15, 0.2) is 15.8 Å². The largest absolute Gasteiger partial charge is 0.370 e. The van der Waals surface area contributed by atoms with Crippen molar-refractivity contribution >= 4 is 15.8 Å². The van der Waals surface area contributed by atoms with Crippen molar-refractivity contribution in [3.05, 3.63) is 29.8 Å². The van der Waals surface area contributed by atoms with Crippen molar-refractivity contribution in [3.63, 3.8) is 0 Å². The van der Waals surface area contributed by atoms with Crippen molar-refractivity contribution < 1.29 is 8.42 Å². The first kappa shape index (κ1) is 17.8. The molecule has 2 N–H and O–H groups in total. The third kappa shape index (κ3) is 4.96. The van der Waals surface area contributed by atoms with Gasteiger partial charge in [-0.3, -0.25) is 0 Å². The molecule has 23 heavy (non-hydrogen) atoms. The molecule has 0 saturated carbocycles. The minimum absolute atomic E-state index is 0.0276. The van der Waals surface area contributed by atoms with Crippen LogP contribution in [0, 0.1) is 12.8 Å². The molecule has 0 radical (unpaired) electrons. The van der Waals surface area contributed by atoms with E-state index >= 15 is 0 Å². The Morgan fingerprint density at radius 1 is 1.39 bits per heavy atom. The third-order valence-corrected chi connectivity index (χ3v) is 6.09. The average Bonchev–Trinajstić information content (AvgIpc) is 2.47. The topological polar surface area (TPSA) is 75.8 Å². The molecule has 128 valence electrons. The number of aryl methyl sites for hydroxylation is 1.